The van der Waals surface area contributed by atoms with E-state index in [2.05, 4.69) is 10.4 Å². The smallest absolute Gasteiger partial charge is 0.251 e. The summed E-state index contributed by atoms with van der Waals surface area (Å²) in [5, 5.41) is 12.1. The van der Waals surface area contributed by atoms with E-state index in [1.54, 1.807) is 10.9 Å². The average Bonchev–Trinajstić information content (AvgIpc) is 3.09. The Bertz CT molecular complexity index is 980. The van der Waals surface area contributed by atoms with Crippen LogP contribution in [0.1, 0.15) is 15.9 Å². The molecule has 2 aromatic carbocycles. The number of nitrogens with two attached hydrogens (primary N) is 1. The SMILES string of the molecule is NS(=O)(=O)c1ccc(C(=O)NCc2cnn(-c3ccccc3)c2)cc1. The maximum Gasteiger partial charge on any atom is 0.251 e. The van der Waals surface area contributed by atoms with Crippen molar-refractivity contribution in [3.8, 4) is 5.69 Å². The first-order chi connectivity index (χ1) is 11.9. The summed E-state index contributed by atoms with van der Waals surface area (Å²) in [6.07, 6.45) is 3.51. The van der Waals surface area contributed by atoms with Gasteiger partial charge in [0.05, 0.1) is 16.8 Å². The van der Waals surface area contributed by atoms with Crippen molar-refractivity contribution in [3.63, 3.8) is 0 Å². The Morgan fingerprint density at radius 1 is 1.08 bits per heavy atom. The molecule has 3 N–H and O–H groups in total. The van der Waals surface area contributed by atoms with Crippen molar-refractivity contribution in [2.24, 2.45) is 5.14 Å². The lowest BCUT2D eigenvalue weighted by molar-refractivity contribution is 0.0951. The van der Waals surface area contributed by atoms with E-state index >= 15 is 0 Å². The molecule has 3 rings (SSSR count). The Labute approximate surface area is 145 Å². The van der Waals surface area contributed by atoms with Gasteiger partial charge in [-0.25, -0.2) is 18.2 Å². The van der Waals surface area contributed by atoms with Crippen molar-refractivity contribution in [1.82, 2.24) is 15.1 Å². The number of para-hydroxylation sites is 1. The van der Waals surface area contributed by atoms with Gasteiger partial charge in [-0.2, -0.15) is 5.10 Å². The Balaban J connectivity index is 1.64. The van der Waals surface area contributed by atoms with Crippen LogP contribution in [-0.2, 0) is 16.6 Å². The Hall–Kier alpha value is -2.97. The predicted octanol–water partition coefficient (Wildman–Crippen LogP) is 1.45. The summed E-state index contributed by atoms with van der Waals surface area (Å²) in [5.74, 6) is -0.312. The molecule has 0 aliphatic heterocycles. The summed E-state index contributed by atoms with van der Waals surface area (Å²) in [7, 11) is -3.77. The predicted molar refractivity (Wildman–Crippen MR) is 92.5 cm³/mol. The topological polar surface area (TPSA) is 107 Å². The van der Waals surface area contributed by atoms with Gasteiger partial charge in [-0.05, 0) is 36.4 Å². The highest BCUT2D eigenvalue weighted by molar-refractivity contribution is 7.89. The van der Waals surface area contributed by atoms with Crippen molar-refractivity contribution in [3.05, 3.63) is 78.1 Å². The highest BCUT2D eigenvalue weighted by atomic mass is 32.2. The van der Waals surface area contributed by atoms with Crippen LogP contribution in [0, 0.1) is 0 Å². The normalized spacial score (nSPS) is 11.2. The fourth-order valence-electron chi connectivity index (χ4n) is 2.25. The number of nitrogens with zero attached hydrogens (tertiary/aromatic N) is 2. The Kier molecular flexibility index (Phi) is 4.64. The number of hydrogen-bond acceptors (Lipinski definition) is 4. The van der Waals surface area contributed by atoms with E-state index in [4.69, 9.17) is 5.14 Å². The van der Waals surface area contributed by atoms with Crippen molar-refractivity contribution in [1.29, 1.82) is 0 Å². The molecule has 0 saturated heterocycles. The molecule has 3 aromatic rings. The molecule has 1 heterocycles. The van der Waals surface area contributed by atoms with Gasteiger partial charge in [0.2, 0.25) is 10.0 Å². The highest BCUT2D eigenvalue weighted by Gasteiger charge is 2.10. The number of carbonyl (C=O) groups is 1. The van der Waals surface area contributed by atoms with Gasteiger partial charge in [-0.3, -0.25) is 4.79 Å². The van der Waals surface area contributed by atoms with Crippen LogP contribution in [0.2, 0.25) is 0 Å². The lowest BCUT2D eigenvalue weighted by atomic mass is 10.2. The van der Waals surface area contributed by atoms with Gasteiger partial charge in [0, 0.05) is 23.9 Å². The van der Waals surface area contributed by atoms with Gasteiger partial charge in [0.1, 0.15) is 0 Å². The molecule has 128 valence electrons. The Morgan fingerprint density at radius 3 is 2.40 bits per heavy atom. The third-order valence-corrected chi connectivity index (χ3v) is 4.48. The first-order valence-electron chi connectivity index (χ1n) is 7.43. The van der Waals surface area contributed by atoms with Crippen molar-refractivity contribution >= 4 is 15.9 Å². The summed E-state index contributed by atoms with van der Waals surface area (Å²) in [6, 6.07) is 15.1. The fraction of sp³-hybridized carbons (Fsp3) is 0.0588. The van der Waals surface area contributed by atoms with E-state index in [-0.39, 0.29) is 10.8 Å². The quantitative estimate of drug-likeness (QED) is 0.721. The molecule has 0 fully saturated rings. The third kappa shape index (κ3) is 4.11. The largest absolute Gasteiger partial charge is 0.348 e. The van der Waals surface area contributed by atoms with E-state index in [1.165, 1.54) is 24.3 Å². The van der Waals surface area contributed by atoms with Crippen LogP contribution in [0.15, 0.2) is 71.9 Å². The minimum Gasteiger partial charge on any atom is -0.348 e. The maximum atomic E-state index is 12.1. The molecule has 8 heteroatoms. The lowest BCUT2D eigenvalue weighted by Gasteiger charge is -2.04. The van der Waals surface area contributed by atoms with Crippen LogP contribution < -0.4 is 10.5 Å². The molecular weight excluding hydrogens is 340 g/mol. The molecule has 0 spiro atoms. The van der Waals surface area contributed by atoms with Gasteiger partial charge in [0.25, 0.3) is 5.91 Å². The van der Waals surface area contributed by atoms with Crippen LogP contribution in [0.3, 0.4) is 0 Å². The van der Waals surface area contributed by atoms with Crippen LogP contribution in [0.4, 0.5) is 0 Å². The second-order valence-electron chi connectivity index (χ2n) is 5.38. The van der Waals surface area contributed by atoms with E-state index < -0.39 is 10.0 Å². The van der Waals surface area contributed by atoms with Crippen LogP contribution >= 0.6 is 0 Å². The van der Waals surface area contributed by atoms with E-state index in [1.807, 2.05) is 36.5 Å². The van der Waals surface area contributed by atoms with Gasteiger partial charge >= 0.3 is 0 Å². The fourth-order valence-corrected chi connectivity index (χ4v) is 2.77. The summed E-state index contributed by atoms with van der Waals surface area (Å²) < 4.78 is 24.1. The molecule has 0 radical (unpaired) electrons. The van der Waals surface area contributed by atoms with Crippen LogP contribution in [0.25, 0.3) is 5.69 Å². The molecule has 0 aliphatic rings. The molecule has 1 amide bonds. The van der Waals surface area contributed by atoms with E-state index in [0.29, 0.717) is 12.1 Å². The average molecular weight is 356 g/mol. The lowest BCUT2D eigenvalue weighted by Crippen LogP contribution is -2.22. The molecule has 0 bridgehead atoms. The molecule has 25 heavy (non-hydrogen) atoms. The van der Waals surface area contributed by atoms with E-state index in [9.17, 15) is 13.2 Å². The Morgan fingerprint density at radius 2 is 1.76 bits per heavy atom. The van der Waals surface area contributed by atoms with E-state index in [0.717, 1.165) is 11.3 Å². The minimum absolute atomic E-state index is 0.0341. The zero-order chi connectivity index (χ0) is 17.9. The molecular formula is C17H16N4O3S. The zero-order valence-electron chi connectivity index (χ0n) is 13.2. The molecule has 0 aliphatic carbocycles. The van der Waals surface area contributed by atoms with Crippen LogP contribution in [0.5, 0.6) is 0 Å². The standard InChI is InChI=1S/C17H16N4O3S/c18-25(23,24)16-8-6-14(7-9-16)17(22)19-10-13-11-20-21(12-13)15-4-2-1-3-5-15/h1-9,11-12H,10H2,(H,19,22)(H2,18,23,24). The van der Waals surface area contributed by atoms with Gasteiger partial charge < -0.3 is 5.32 Å². The number of sulfonamides is 1. The van der Waals surface area contributed by atoms with Gasteiger partial charge in [-0.1, -0.05) is 18.2 Å². The summed E-state index contributed by atoms with van der Waals surface area (Å²) >= 11 is 0. The number of amides is 1. The zero-order valence-corrected chi connectivity index (χ0v) is 14.0. The third-order valence-electron chi connectivity index (χ3n) is 3.55. The number of carbonyl (C=O) groups excluding carboxylic acids is 1. The van der Waals surface area contributed by atoms with Crippen molar-refractivity contribution in [2.75, 3.05) is 0 Å². The second-order valence-corrected chi connectivity index (χ2v) is 6.94. The second kappa shape index (κ2) is 6.88. The summed E-state index contributed by atoms with van der Waals surface area (Å²) in [6.45, 7) is 0.308. The molecule has 1 aromatic heterocycles. The van der Waals surface area contributed by atoms with Gasteiger partial charge in [0.15, 0.2) is 0 Å². The first-order valence-corrected chi connectivity index (χ1v) is 8.98. The molecule has 0 atom stereocenters. The number of nitrogens with one attached hydrogen (secondary N) is 1. The number of benzene rings is 2. The minimum atomic E-state index is -3.77. The molecule has 0 unspecified atom stereocenters. The molecule has 7 nitrogen and oxygen atoms in total. The maximum absolute atomic E-state index is 12.1. The number of aromatic nitrogens is 2. The number of rotatable bonds is 5. The monoisotopic (exact) mass is 356 g/mol. The first kappa shape index (κ1) is 16.9. The number of primary sulfonamides is 1. The van der Waals surface area contributed by atoms with Crippen molar-refractivity contribution in [2.45, 2.75) is 11.4 Å². The molecule has 0 saturated carbocycles. The van der Waals surface area contributed by atoms with Crippen LogP contribution in [-0.4, -0.2) is 24.1 Å². The summed E-state index contributed by atoms with van der Waals surface area (Å²) in [4.78, 5) is 12.1. The van der Waals surface area contributed by atoms with Gasteiger partial charge in [-0.15, -0.1) is 0 Å². The summed E-state index contributed by atoms with van der Waals surface area (Å²) in [5.41, 5.74) is 2.12. The highest BCUT2D eigenvalue weighted by Crippen LogP contribution is 2.10. The number of hydrogen-bond donors (Lipinski definition) is 2. The van der Waals surface area contributed by atoms with Crippen molar-refractivity contribution < 1.29 is 13.2 Å².